The van der Waals surface area contributed by atoms with Crippen LogP contribution in [-0.4, -0.2) is 24.9 Å². The van der Waals surface area contributed by atoms with Crippen molar-refractivity contribution >= 4 is 6.16 Å². The fraction of sp³-hybridized carbons (Fsp3) is 0.889. The van der Waals surface area contributed by atoms with E-state index >= 15 is 0 Å². The van der Waals surface area contributed by atoms with Gasteiger partial charge in [-0.05, 0) is 26.2 Å². The van der Waals surface area contributed by atoms with Gasteiger partial charge in [0.25, 0.3) is 0 Å². The van der Waals surface area contributed by atoms with Gasteiger partial charge in [0.05, 0.1) is 6.61 Å². The standard InChI is InChI=1S/C9H17NO3/c1-2-12-9(11)13-8-6-4-3-5-7(8)10/h7-8H,2-6,10H2,1H3/t7-,8+/m0/s1. The molecule has 0 spiro atoms. The highest BCUT2D eigenvalue weighted by atomic mass is 16.7. The SMILES string of the molecule is CCOC(=O)O[C@@H]1CCCC[C@@H]1N. The van der Waals surface area contributed by atoms with E-state index in [1.807, 2.05) is 0 Å². The van der Waals surface area contributed by atoms with E-state index in [-0.39, 0.29) is 12.1 Å². The van der Waals surface area contributed by atoms with Crippen LogP contribution in [0, 0.1) is 0 Å². The number of hydrogen-bond acceptors (Lipinski definition) is 4. The molecule has 4 nitrogen and oxygen atoms in total. The average Bonchev–Trinajstić information content (AvgIpc) is 2.09. The summed E-state index contributed by atoms with van der Waals surface area (Å²) in [5, 5.41) is 0. The molecule has 2 N–H and O–H groups in total. The predicted octanol–water partition coefficient (Wildman–Crippen LogP) is 1.43. The molecule has 0 saturated heterocycles. The van der Waals surface area contributed by atoms with Gasteiger partial charge >= 0.3 is 6.16 Å². The number of ether oxygens (including phenoxy) is 2. The highest BCUT2D eigenvalue weighted by Gasteiger charge is 2.25. The molecule has 0 aliphatic heterocycles. The van der Waals surface area contributed by atoms with Crippen LogP contribution in [0.4, 0.5) is 4.79 Å². The lowest BCUT2D eigenvalue weighted by Crippen LogP contribution is -2.40. The van der Waals surface area contributed by atoms with Crippen LogP contribution in [0.3, 0.4) is 0 Å². The molecule has 1 saturated carbocycles. The number of carbonyl (C=O) groups excluding carboxylic acids is 1. The first-order chi connectivity index (χ1) is 6.24. The van der Waals surface area contributed by atoms with Crippen molar-refractivity contribution < 1.29 is 14.3 Å². The van der Waals surface area contributed by atoms with Crippen molar-refractivity contribution in [2.24, 2.45) is 5.73 Å². The van der Waals surface area contributed by atoms with Gasteiger partial charge < -0.3 is 15.2 Å². The van der Waals surface area contributed by atoms with Crippen molar-refractivity contribution in [2.45, 2.75) is 44.8 Å². The third-order valence-electron chi connectivity index (χ3n) is 2.26. The third-order valence-corrected chi connectivity index (χ3v) is 2.26. The van der Waals surface area contributed by atoms with Crippen molar-refractivity contribution in [2.75, 3.05) is 6.61 Å². The van der Waals surface area contributed by atoms with E-state index in [4.69, 9.17) is 10.5 Å². The molecule has 0 radical (unpaired) electrons. The highest BCUT2D eigenvalue weighted by Crippen LogP contribution is 2.19. The summed E-state index contributed by atoms with van der Waals surface area (Å²) < 4.78 is 9.73. The van der Waals surface area contributed by atoms with Gasteiger partial charge in [0.15, 0.2) is 0 Å². The molecule has 0 amide bonds. The van der Waals surface area contributed by atoms with Crippen molar-refractivity contribution in [1.82, 2.24) is 0 Å². The van der Waals surface area contributed by atoms with E-state index < -0.39 is 6.16 Å². The Morgan fingerprint density at radius 1 is 1.46 bits per heavy atom. The van der Waals surface area contributed by atoms with Gasteiger partial charge in [0, 0.05) is 6.04 Å². The number of hydrogen-bond donors (Lipinski definition) is 1. The van der Waals surface area contributed by atoms with Crippen LogP contribution in [0.5, 0.6) is 0 Å². The van der Waals surface area contributed by atoms with Crippen molar-refractivity contribution in [3.63, 3.8) is 0 Å². The Labute approximate surface area is 78.4 Å². The zero-order chi connectivity index (χ0) is 9.68. The summed E-state index contributed by atoms with van der Waals surface area (Å²) in [7, 11) is 0. The second-order valence-electron chi connectivity index (χ2n) is 3.29. The first-order valence-electron chi connectivity index (χ1n) is 4.83. The fourth-order valence-corrected chi connectivity index (χ4v) is 1.55. The van der Waals surface area contributed by atoms with Crippen LogP contribution in [0.15, 0.2) is 0 Å². The van der Waals surface area contributed by atoms with Gasteiger partial charge in [-0.3, -0.25) is 0 Å². The second-order valence-corrected chi connectivity index (χ2v) is 3.29. The summed E-state index contributed by atoms with van der Waals surface area (Å²) >= 11 is 0. The normalized spacial score (nSPS) is 28.2. The van der Waals surface area contributed by atoms with Gasteiger partial charge in [-0.25, -0.2) is 4.79 Å². The molecule has 0 aromatic carbocycles. The van der Waals surface area contributed by atoms with E-state index in [0.29, 0.717) is 6.61 Å². The maximum Gasteiger partial charge on any atom is 0.508 e. The topological polar surface area (TPSA) is 61.5 Å². The van der Waals surface area contributed by atoms with Crippen LogP contribution < -0.4 is 5.73 Å². The van der Waals surface area contributed by atoms with Gasteiger partial charge in [0.2, 0.25) is 0 Å². The van der Waals surface area contributed by atoms with E-state index in [9.17, 15) is 4.79 Å². The summed E-state index contributed by atoms with van der Waals surface area (Å²) in [6, 6.07) is -0.0156. The summed E-state index contributed by atoms with van der Waals surface area (Å²) in [6.07, 6.45) is 3.27. The number of rotatable bonds is 2. The molecule has 0 aromatic heterocycles. The maximum atomic E-state index is 11.0. The Morgan fingerprint density at radius 2 is 2.15 bits per heavy atom. The van der Waals surface area contributed by atoms with Crippen molar-refractivity contribution in [1.29, 1.82) is 0 Å². The van der Waals surface area contributed by atoms with Crippen LogP contribution in [0.2, 0.25) is 0 Å². The number of carbonyl (C=O) groups is 1. The highest BCUT2D eigenvalue weighted by molar-refractivity contribution is 5.60. The van der Waals surface area contributed by atoms with Gasteiger partial charge in [-0.15, -0.1) is 0 Å². The molecule has 1 aliphatic carbocycles. The lowest BCUT2D eigenvalue weighted by Gasteiger charge is -2.27. The van der Waals surface area contributed by atoms with Gasteiger partial charge in [0.1, 0.15) is 6.10 Å². The molecular weight excluding hydrogens is 170 g/mol. The maximum absolute atomic E-state index is 11.0. The van der Waals surface area contributed by atoms with Gasteiger partial charge in [-0.1, -0.05) is 6.42 Å². The molecule has 1 aliphatic rings. The molecule has 1 rings (SSSR count). The van der Waals surface area contributed by atoms with E-state index in [2.05, 4.69) is 4.74 Å². The van der Waals surface area contributed by atoms with E-state index in [1.54, 1.807) is 6.92 Å². The van der Waals surface area contributed by atoms with Crippen molar-refractivity contribution in [3.8, 4) is 0 Å². The molecule has 13 heavy (non-hydrogen) atoms. The molecule has 0 heterocycles. The summed E-state index contributed by atoms with van der Waals surface area (Å²) in [4.78, 5) is 11.0. The Morgan fingerprint density at radius 3 is 2.77 bits per heavy atom. The smallest absolute Gasteiger partial charge is 0.435 e. The Hall–Kier alpha value is -0.770. The Balaban J connectivity index is 2.29. The molecule has 2 atom stereocenters. The average molecular weight is 187 g/mol. The first kappa shape index (κ1) is 10.3. The minimum Gasteiger partial charge on any atom is -0.435 e. The molecule has 1 fully saturated rings. The molecule has 0 aromatic rings. The monoisotopic (exact) mass is 187 g/mol. The zero-order valence-corrected chi connectivity index (χ0v) is 7.99. The molecule has 0 bridgehead atoms. The third kappa shape index (κ3) is 3.22. The quantitative estimate of drug-likeness (QED) is 0.664. The molecular formula is C9H17NO3. The minimum atomic E-state index is -0.593. The Bertz CT molecular complexity index is 172. The summed E-state index contributed by atoms with van der Waals surface area (Å²) in [5.74, 6) is 0. The Kier molecular flexibility index (Phi) is 4.02. The zero-order valence-electron chi connectivity index (χ0n) is 7.99. The van der Waals surface area contributed by atoms with Crippen molar-refractivity contribution in [3.05, 3.63) is 0 Å². The predicted molar refractivity (Wildman–Crippen MR) is 48.3 cm³/mol. The summed E-state index contributed by atoms with van der Waals surface area (Å²) in [5.41, 5.74) is 5.79. The summed E-state index contributed by atoms with van der Waals surface area (Å²) in [6.45, 7) is 2.10. The first-order valence-corrected chi connectivity index (χ1v) is 4.83. The second kappa shape index (κ2) is 5.07. The van der Waals surface area contributed by atoms with Crippen LogP contribution in [0.1, 0.15) is 32.6 Å². The molecule has 0 unspecified atom stereocenters. The van der Waals surface area contributed by atoms with Crippen LogP contribution in [0.25, 0.3) is 0 Å². The number of nitrogens with two attached hydrogens (primary N) is 1. The van der Waals surface area contributed by atoms with Crippen LogP contribution in [-0.2, 0) is 9.47 Å². The van der Waals surface area contributed by atoms with E-state index in [1.165, 1.54) is 0 Å². The molecule has 76 valence electrons. The fourth-order valence-electron chi connectivity index (χ4n) is 1.55. The minimum absolute atomic E-state index is 0.0156. The van der Waals surface area contributed by atoms with E-state index in [0.717, 1.165) is 25.7 Å². The lowest BCUT2D eigenvalue weighted by atomic mass is 9.93. The molecule has 4 heteroatoms. The van der Waals surface area contributed by atoms with Crippen LogP contribution >= 0.6 is 0 Å². The lowest BCUT2D eigenvalue weighted by molar-refractivity contribution is 0.00614. The largest absolute Gasteiger partial charge is 0.508 e. The van der Waals surface area contributed by atoms with Gasteiger partial charge in [-0.2, -0.15) is 0 Å².